The van der Waals surface area contributed by atoms with Crippen molar-refractivity contribution in [2.75, 3.05) is 6.54 Å². The van der Waals surface area contributed by atoms with Gasteiger partial charge >= 0.3 is 0 Å². The Morgan fingerprint density at radius 1 is 1.25 bits per heavy atom. The summed E-state index contributed by atoms with van der Waals surface area (Å²) in [5.74, 6) is 3.03. The molecule has 0 saturated carbocycles. The van der Waals surface area contributed by atoms with Crippen LogP contribution >= 0.6 is 0 Å². The maximum atomic E-state index is 12.0. The molecule has 1 aromatic rings. The van der Waals surface area contributed by atoms with Gasteiger partial charge in [-0.2, -0.15) is 10.2 Å². The van der Waals surface area contributed by atoms with Crippen LogP contribution in [0.1, 0.15) is 62.6 Å². The van der Waals surface area contributed by atoms with Gasteiger partial charge in [-0.15, -0.1) is 12.3 Å². The van der Waals surface area contributed by atoms with Gasteiger partial charge in [-0.3, -0.25) is 4.79 Å². The van der Waals surface area contributed by atoms with Crippen molar-refractivity contribution in [1.82, 2.24) is 5.32 Å². The zero-order valence-corrected chi connectivity index (χ0v) is 14.5. The van der Waals surface area contributed by atoms with Gasteiger partial charge in [-0.1, -0.05) is 38.1 Å². The van der Waals surface area contributed by atoms with E-state index in [1.54, 1.807) is 0 Å². The quantitative estimate of drug-likeness (QED) is 0.683. The van der Waals surface area contributed by atoms with E-state index < -0.39 is 0 Å². The van der Waals surface area contributed by atoms with E-state index in [1.807, 2.05) is 12.1 Å². The first kappa shape index (κ1) is 18.2. The van der Waals surface area contributed by atoms with Crippen LogP contribution in [0.2, 0.25) is 0 Å². The normalized spacial score (nSPS) is 15.8. The minimum absolute atomic E-state index is 0.0526. The van der Waals surface area contributed by atoms with E-state index in [9.17, 15) is 4.79 Å². The average Bonchev–Trinajstić information content (AvgIpc) is 3.33. The van der Waals surface area contributed by atoms with Gasteiger partial charge in [0.15, 0.2) is 5.66 Å². The number of hydrogen-bond donors (Lipinski definition) is 2. The first-order valence-corrected chi connectivity index (χ1v) is 8.45. The molecule has 5 nitrogen and oxygen atoms in total. The Kier molecular flexibility index (Phi) is 6.10. The van der Waals surface area contributed by atoms with Gasteiger partial charge in [0.2, 0.25) is 5.91 Å². The molecular weight excluding hydrogens is 300 g/mol. The summed E-state index contributed by atoms with van der Waals surface area (Å²) in [5.41, 5.74) is 8.03. The van der Waals surface area contributed by atoms with E-state index in [4.69, 9.17) is 12.2 Å². The van der Waals surface area contributed by atoms with E-state index in [0.29, 0.717) is 25.3 Å². The molecule has 0 bridgehead atoms. The molecule has 2 rings (SSSR count). The highest BCUT2D eigenvalue weighted by molar-refractivity contribution is 5.76. The third kappa shape index (κ3) is 5.17. The van der Waals surface area contributed by atoms with Gasteiger partial charge in [0.05, 0.1) is 0 Å². The highest BCUT2D eigenvalue weighted by Gasteiger charge is 2.38. The van der Waals surface area contributed by atoms with Gasteiger partial charge in [0, 0.05) is 38.3 Å². The summed E-state index contributed by atoms with van der Waals surface area (Å²) in [5, 5.41) is 11.0. The maximum Gasteiger partial charge on any atom is 0.221 e. The maximum absolute atomic E-state index is 12.0. The van der Waals surface area contributed by atoms with Gasteiger partial charge in [0.1, 0.15) is 0 Å². The number of carbonyl (C=O) groups is 1. The number of nitrogens with one attached hydrogen (secondary N) is 1. The van der Waals surface area contributed by atoms with E-state index in [1.165, 1.54) is 5.56 Å². The molecule has 1 amide bonds. The molecule has 0 aliphatic carbocycles. The fraction of sp³-hybridized carbons (Fsp3) is 0.526. The Hall–Kier alpha value is -2.19. The third-order valence-electron chi connectivity index (χ3n) is 4.34. The highest BCUT2D eigenvalue weighted by Crippen LogP contribution is 2.36. The molecule has 0 saturated heterocycles. The number of hydrogen-bond acceptors (Lipinski definition) is 4. The predicted molar refractivity (Wildman–Crippen MR) is 95.4 cm³/mol. The van der Waals surface area contributed by atoms with Crippen LogP contribution in [0.4, 0.5) is 0 Å². The van der Waals surface area contributed by atoms with Gasteiger partial charge < -0.3 is 11.1 Å². The summed E-state index contributed by atoms with van der Waals surface area (Å²) >= 11 is 0. The molecule has 5 heteroatoms. The average molecular weight is 326 g/mol. The highest BCUT2D eigenvalue weighted by atomic mass is 16.1. The van der Waals surface area contributed by atoms with Crippen molar-refractivity contribution in [3.05, 3.63) is 35.4 Å². The van der Waals surface area contributed by atoms with Crippen molar-refractivity contribution in [3.8, 4) is 12.3 Å². The van der Waals surface area contributed by atoms with Crippen LogP contribution in [0.3, 0.4) is 0 Å². The molecule has 24 heavy (non-hydrogen) atoms. The topological polar surface area (TPSA) is 79.8 Å². The van der Waals surface area contributed by atoms with Crippen LogP contribution in [0, 0.1) is 12.3 Å². The van der Waals surface area contributed by atoms with E-state index in [-0.39, 0.29) is 24.0 Å². The molecule has 1 unspecified atom stereocenters. The molecule has 1 aliphatic rings. The van der Waals surface area contributed by atoms with Crippen LogP contribution in [0.25, 0.3) is 0 Å². The van der Waals surface area contributed by atoms with Crippen molar-refractivity contribution in [2.24, 2.45) is 16.0 Å². The fourth-order valence-electron chi connectivity index (χ4n) is 2.59. The Bertz CT molecular complexity index is 622. The first-order chi connectivity index (χ1) is 11.5. The lowest BCUT2D eigenvalue weighted by Crippen LogP contribution is -2.30. The summed E-state index contributed by atoms with van der Waals surface area (Å²) < 4.78 is 0. The van der Waals surface area contributed by atoms with Crippen molar-refractivity contribution in [3.63, 3.8) is 0 Å². The number of carbonyl (C=O) groups excluding carboxylic acids is 1. The van der Waals surface area contributed by atoms with E-state index in [0.717, 1.165) is 12.0 Å². The lowest BCUT2D eigenvalue weighted by atomic mass is 9.98. The molecule has 3 N–H and O–H groups in total. The molecule has 0 radical (unpaired) electrons. The number of amides is 1. The number of benzene rings is 1. The van der Waals surface area contributed by atoms with E-state index >= 15 is 0 Å². The molecule has 0 spiro atoms. The molecule has 1 aromatic carbocycles. The SMILES string of the molecule is C#CCCC1(CCNC(=O)CC(N)c2ccc(C(C)C)cc2)N=N1. The minimum atomic E-state index is -0.353. The fourth-order valence-corrected chi connectivity index (χ4v) is 2.59. The Labute approximate surface area is 144 Å². The zero-order chi connectivity index (χ0) is 17.6. The number of nitrogens with zero attached hydrogens (tertiary/aromatic N) is 2. The van der Waals surface area contributed by atoms with Crippen molar-refractivity contribution in [2.45, 2.75) is 57.2 Å². The standard InChI is InChI=1S/C19H26N4O/c1-4-5-10-19(22-23-19)11-12-21-18(24)13-17(20)16-8-6-15(7-9-16)14(2)3/h1,6-9,14,17H,5,10-13,20H2,2-3H3,(H,21,24). The largest absolute Gasteiger partial charge is 0.356 e. The van der Waals surface area contributed by atoms with E-state index in [2.05, 4.69) is 47.4 Å². The molecule has 1 atom stereocenters. The Morgan fingerprint density at radius 2 is 1.88 bits per heavy atom. The lowest BCUT2D eigenvalue weighted by molar-refractivity contribution is -0.121. The number of nitrogens with two attached hydrogens (primary N) is 1. The smallest absolute Gasteiger partial charge is 0.221 e. The van der Waals surface area contributed by atoms with Gasteiger partial charge in [-0.05, 0) is 17.0 Å². The van der Waals surface area contributed by atoms with Gasteiger partial charge in [0.25, 0.3) is 0 Å². The monoisotopic (exact) mass is 326 g/mol. The van der Waals surface area contributed by atoms with Crippen LogP contribution < -0.4 is 11.1 Å². The summed E-state index contributed by atoms with van der Waals surface area (Å²) in [6.07, 6.45) is 7.63. The molecule has 0 aromatic heterocycles. The number of terminal acetylenes is 1. The second kappa shape index (κ2) is 8.07. The molecular formula is C19H26N4O. The predicted octanol–water partition coefficient (Wildman–Crippen LogP) is 3.28. The molecule has 1 aliphatic heterocycles. The summed E-state index contributed by atoms with van der Waals surface area (Å²) in [6, 6.07) is 7.86. The third-order valence-corrected chi connectivity index (χ3v) is 4.34. The van der Waals surface area contributed by atoms with Crippen LogP contribution in [-0.2, 0) is 4.79 Å². The Morgan fingerprint density at radius 3 is 2.42 bits per heavy atom. The van der Waals surface area contributed by atoms with Crippen molar-refractivity contribution < 1.29 is 4.79 Å². The van der Waals surface area contributed by atoms with Crippen molar-refractivity contribution >= 4 is 5.91 Å². The summed E-state index contributed by atoms with van der Waals surface area (Å²) in [6.45, 7) is 4.84. The molecule has 128 valence electrons. The lowest BCUT2D eigenvalue weighted by Gasteiger charge is -2.14. The second-order valence-corrected chi connectivity index (χ2v) is 6.62. The van der Waals surface area contributed by atoms with Crippen molar-refractivity contribution in [1.29, 1.82) is 0 Å². The second-order valence-electron chi connectivity index (χ2n) is 6.62. The Balaban J connectivity index is 1.73. The zero-order valence-electron chi connectivity index (χ0n) is 14.5. The van der Waals surface area contributed by atoms with Crippen LogP contribution in [-0.4, -0.2) is 18.1 Å². The summed E-state index contributed by atoms with van der Waals surface area (Å²) in [4.78, 5) is 12.0. The van der Waals surface area contributed by atoms with Crippen LogP contribution in [0.5, 0.6) is 0 Å². The summed E-state index contributed by atoms with van der Waals surface area (Å²) in [7, 11) is 0. The van der Waals surface area contributed by atoms with Crippen LogP contribution in [0.15, 0.2) is 34.5 Å². The molecule has 1 heterocycles. The first-order valence-electron chi connectivity index (χ1n) is 8.45. The number of rotatable bonds is 9. The van der Waals surface area contributed by atoms with Gasteiger partial charge in [-0.25, -0.2) is 0 Å². The molecule has 0 fully saturated rings. The minimum Gasteiger partial charge on any atom is -0.356 e.